The van der Waals surface area contributed by atoms with Crippen LogP contribution in [0.2, 0.25) is 5.02 Å². The lowest BCUT2D eigenvalue weighted by Gasteiger charge is -2.01. The molecule has 0 atom stereocenters. The zero-order valence-corrected chi connectivity index (χ0v) is 14.7. The largest absolute Gasteiger partial charge is 0.361 e. The smallest absolute Gasteiger partial charge is 0.216 e. The van der Waals surface area contributed by atoms with Crippen LogP contribution in [0, 0.1) is 4.77 Å². The molecule has 124 valence electrons. The fraction of sp³-hybridized carbons (Fsp3) is 0.0556. The summed E-state index contributed by atoms with van der Waals surface area (Å²) in [4.78, 5) is 3.27. The molecule has 2 N–H and O–H groups in total. The van der Waals surface area contributed by atoms with Gasteiger partial charge in [-0.05, 0) is 41.5 Å². The molecule has 4 rings (SSSR count). The summed E-state index contributed by atoms with van der Waals surface area (Å²) in [7, 11) is 0. The second-order valence-electron chi connectivity index (χ2n) is 5.59. The average molecular weight is 368 g/mol. The Morgan fingerprint density at radius 3 is 2.80 bits per heavy atom. The number of fused-ring (bicyclic) bond motifs is 1. The molecule has 0 amide bonds. The van der Waals surface area contributed by atoms with Crippen LogP contribution in [-0.4, -0.2) is 26.1 Å². The molecule has 0 bridgehead atoms. The van der Waals surface area contributed by atoms with Gasteiger partial charge in [0.1, 0.15) is 0 Å². The lowest BCUT2D eigenvalue weighted by Crippen LogP contribution is -2.00. The van der Waals surface area contributed by atoms with E-state index < -0.39 is 0 Å². The standard InChI is InChI=1S/C18H14ClN5S/c19-14-7-5-12(6-8-14)10-21-24-17(22-23-18(24)25)9-13-11-20-16-4-2-1-3-15(13)16/h1-8,10-11,20H,9H2,(H,23,25)/b21-10+. The van der Waals surface area contributed by atoms with Crippen molar-refractivity contribution in [2.75, 3.05) is 0 Å². The summed E-state index contributed by atoms with van der Waals surface area (Å²) in [5.74, 6) is 0.750. The number of nitrogens with zero attached hydrogens (tertiary/aromatic N) is 3. The van der Waals surface area contributed by atoms with Crippen LogP contribution in [0.25, 0.3) is 10.9 Å². The van der Waals surface area contributed by atoms with Crippen molar-refractivity contribution in [2.45, 2.75) is 6.42 Å². The zero-order valence-electron chi connectivity index (χ0n) is 13.1. The molecule has 0 aliphatic carbocycles. The van der Waals surface area contributed by atoms with Crippen LogP contribution in [-0.2, 0) is 6.42 Å². The van der Waals surface area contributed by atoms with Crippen molar-refractivity contribution < 1.29 is 0 Å². The van der Waals surface area contributed by atoms with Crippen LogP contribution in [0.5, 0.6) is 0 Å². The first-order valence-electron chi connectivity index (χ1n) is 7.72. The molecule has 7 heteroatoms. The molecule has 0 saturated heterocycles. The maximum absolute atomic E-state index is 5.90. The van der Waals surface area contributed by atoms with Gasteiger partial charge >= 0.3 is 0 Å². The van der Waals surface area contributed by atoms with Gasteiger partial charge in [-0.3, -0.25) is 5.10 Å². The number of benzene rings is 2. The number of aromatic amines is 2. The van der Waals surface area contributed by atoms with E-state index in [1.54, 1.807) is 10.9 Å². The summed E-state index contributed by atoms with van der Waals surface area (Å²) in [5.41, 5.74) is 3.18. The fourth-order valence-electron chi connectivity index (χ4n) is 2.68. The molecule has 25 heavy (non-hydrogen) atoms. The number of hydrogen-bond acceptors (Lipinski definition) is 3. The van der Waals surface area contributed by atoms with Crippen molar-refractivity contribution in [1.82, 2.24) is 19.9 Å². The predicted molar refractivity (Wildman–Crippen MR) is 103 cm³/mol. The number of para-hydroxylation sites is 1. The van der Waals surface area contributed by atoms with Gasteiger partial charge < -0.3 is 4.98 Å². The van der Waals surface area contributed by atoms with Crippen molar-refractivity contribution in [3.05, 3.63) is 81.5 Å². The molecule has 0 fully saturated rings. The Bertz CT molecular complexity index is 1100. The van der Waals surface area contributed by atoms with Crippen molar-refractivity contribution >= 4 is 40.9 Å². The van der Waals surface area contributed by atoms with Crippen LogP contribution < -0.4 is 0 Å². The Kier molecular flexibility index (Phi) is 4.21. The molecular weight excluding hydrogens is 354 g/mol. The van der Waals surface area contributed by atoms with Gasteiger partial charge in [0.2, 0.25) is 4.77 Å². The van der Waals surface area contributed by atoms with Crippen LogP contribution >= 0.6 is 23.8 Å². The molecule has 0 spiro atoms. The van der Waals surface area contributed by atoms with Crippen LogP contribution in [0.3, 0.4) is 0 Å². The molecule has 2 aromatic carbocycles. The number of nitrogens with one attached hydrogen (secondary N) is 2. The first-order valence-corrected chi connectivity index (χ1v) is 8.50. The Morgan fingerprint density at radius 2 is 1.96 bits per heavy atom. The number of H-pyrrole nitrogens is 2. The molecule has 0 radical (unpaired) electrons. The normalized spacial score (nSPS) is 11.6. The maximum Gasteiger partial charge on any atom is 0.216 e. The second-order valence-corrected chi connectivity index (χ2v) is 6.41. The topological polar surface area (TPSA) is 61.8 Å². The van der Waals surface area contributed by atoms with Crippen molar-refractivity contribution in [1.29, 1.82) is 0 Å². The Hall–Kier alpha value is -2.70. The quantitative estimate of drug-likeness (QED) is 0.410. The summed E-state index contributed by atoms with van der Waals surface area (Å²) in [6.45, 7) is 0. The van der Waals surface area contributed by atoms with Crippen LogP contribution in [0.4, 0.5) is 0 Å². The highest BCUT2D eigenvalue weighted by molar-refractivity contribution is 7.71. The lowest BCUT2D eigenvalue weighted by atomic mass is 10.1. The van der Waals surface area contributed by atoms with Gasteiger partial charge in [0.05, 0.1) is 6.21 Å². The molecule has 0 unspecified atom stereocenters. The predicted octanol–water partition coefficient (Wildman–Crippen LogP) is 4.55. The third kappa shape index (κ3) is 3.26. The van der Waals surface area contributed by atoms with E-state index in [0.29, 0.717) is 16.2 Å². The number of hydrogen-bond donors (Lipinski definition) is 2. The van der Waals surface area contributed by atoms with Crippen molar-refractivity contribution in [3.8, 4) is 0 Å². The minimum Gasteiger partial charge on any atom is -0.361 e. The summed E-state index contributed by atoms with van der Waals surface area (Å²) in [6, 6.07) is 15.6. The van der Waals surface area contributed by atoms with E-state index in [1.807, 2.05) is 42.6 Å². The lowest BCUT2D eigenvalue weighted by molar-refractivity contribution is 0.793. The zero-order chi connectivity index (χ0) is 17.2. The summed E-state index contributed by atoms with van der Waals surface area (Å²) < 4.78 is 2.10. The number of rotatable bonds is 4. The van der Waals surface area contributed by atoms with Gasteiger partial charge in [0.15, 0.2) is 5.82 Å². The van der Waals surface area contributed by atoms with Gasteiger partial charge in [-0.25, -0.2) is 0 Å². The fourth-order valence-corrected chi connectivity index (χ4v) is 3.00. The molecule has 4 aromatic rings. The van der Waals surface area contributed by atoms with E-state index in [4.69, 9.17) is 23.8 Å². The van der Waals surface area contributed by atoms with E-state index in [2.05, 4.69) is 32.4 Å². The summed E-state index contributed by atoms with van der Waals surface area (Å²) >= 11 is 11.2. The minimum atomic E-state index is 0.458. The highest BCUT2D eigenvalue weighted by Crippen LogP contribution is 2.20. The highest BCUT2D eigenvalue weighted by atomic mass is 35.5. The molecule has 2 heterocycles. The summed E-state index contributed by atoms with van der Waals surface area (Å²) in [6.07, 6.45) is 4.35. The van der Waals surface area contributed by atoms with E-state index in [-0.39, 0.29) is 0 Å². The molecule has 5 nitrogen and oxygen atoms in total. The van der Waals surface area contributed by atoms with Gasteiger partial charge in [-0.15, -0.1) is 0 Å². The van der Waals surface area contributed by atoms with Crippen LogP contribution in [0.1, 0.15) is 17.0 Å². The Morgan fingerprint density at radius 1 is 1.16 bits per heavy atom. The molecule has 2 aromatic heterocycles. The number of halogens is 1. The van der Waals surface area contributed by atoms with Gasteiger partial charge in [-0.1, -0.05) is 41.9 Å². The highest BCUT2D eigenvalue weighted by Gasteiger charge is 2.10. The van der Waals surface area contributed by atoms with E-state index in [0.717, 1.165) is 22.5 Å². The first-order chi connectivity index (χ1) is 12.2. The SMILES string of the molecule is S=c1[nH]nc(Cc2c[nH]c3ccccc23)n1/N=C/c1ccc(Cl)cc1. The molecule has 0 aliphatic heterocycles. The van der Waals surface area contributed by atoms with Gasteiger partial charge in [-0.2, -0.15) is 14.9 Å². The monoisotopic (exact) mass is 367 g/mol. The Labute approximate surface area is 154 Å². The minimum absolute atomic E-state index is 0.458. The van der Waals surface area contributed by atoms with E-state index >= 15 is 0 Å². The summed E-state index contributed by atoms with van der Waals surface area (Å²) in [5, 5.41) is 13.5. The average Bonchev–Trinajstić information content (AvgIpc) is 3.19. The molecule has 0 aliphatic rings. The second kappa shape index (κ2) is 6.66. The first kappa shape index (κ1) is 15.8. The van der Waals surface area contributed by atoms with E-state index in [1.165, 1.54) is 5.39 Å². The van der Waals surface area contributed by atoms with Crippen molar-refractivity contribution in [2.24, 2.45) is 5.10 Å². The maximum atomic E-state index is 5.90. The van der Waals surface area contributed by atoms with Crippen molar-refractivity contribution in [3.63, 3.8) is 0 Å². The van der Waals surface area contributed by atoms with Crippen LogP contribution in [0.15, 0.2) is 59.8 Å². The molecule has 0 saturated carbocycles. The van der Waals surface area contributed by atoms with Gasteiger partial charge in [0.25, 0.3) is 0 Å². The Balaban J connectivity index is 1.65. The van der Waals surface area contributed by atoms with E-state index in [9.17, 15) is 0 Å². The third-order valence-electron chi connectivity index (χ3n) is 3.93. The van der Waals surface area contributed by atoms with Gasteiger partial charge in [0, 0.05) is 28.5 Å². The molecular formula is C18H14ClN5S. The number of aromatic nitrogens is 4. The third-order valence-corrected chi connectivity index (χ3v) is 4.45.